The van der Waals surface area contributed by atoms with Gasteiger partial charge >= 0.3 is 6.09 Å². The number of hydrogen-bond donors (Lipinski definition) is 2. The molecule has 140 valence electrons. The molecule has 0 unspecified atom stereocenters. The molecule has 0 saturated carbocycles. The van der Waals surface area contributed by atoms with Crippen molar-refractivity contribution in [2.45, 2.75) is 54.6 Å². The molecular formula is C20H32N2O3. The summed E-state index contributed by atoms with van der Waals surface area (Å²) in [6.45, 7) is 13.3. The molecule has 5 heteroatoms. The Bertz CT molecular complexity index is 583. The summed E-state index contributed by atoms with van der Waals surface area (Å²) >= 11 is 0. The lowest BCUT2D eigenvalue weighted by Gasteiger charge is -2.19. The van der Waals surface area contributed by atoms with Gasteiger partial charge in [-0.2, -0.15) is 0 Å². The highest BCUT2D eigenvalue weighted by Gasteiger charge is 2.13. The SMILES string of the molecule is CC(C)(C)CNC(=O)CNC(=O)OCc1cccc(CC(C)(C)C)c1. The minimum atomic E-state index is -0.591. The van der Waals surface area contributed by atoms with Gasteiger partial charge in [-0.05, 0) is 28.4 Å². The average molecular weight is 348 g/mol. The van der Waals surface area contributed by atoms with E-state index in [0.717, 1.165) is 12.0 Å². The Morgan fingerprint density at radius 1 is 0.960 bits per heavy atom. The average Bonchev–Trinajstić information content (AvgIpc) is 2.47. The van der Waals surface area contributed by atoms with Crippen molar-refractivity contribution in [1.82, 2.24) is 10.6 Å². The molecule has 2 N–H and O–H groups in total. The largest absolute Gasteiger partial charge is 0.445 e. The summed E-state index contributed by atoms with van der Waals surface area (Å²) in [5.74, 6) is -0.223. The second-order valence-electron chi connectivity index (χ2n) is 8.82. The van der Waals surface area contributed by atoms with Crippen LogP contribution in [0.5, 0.6) is 0 Å². The fraction of sp³-hybridized carbons (Fsp3) is 0.600. The van der Waals surface area contributed by atoms with Crippen LogP contribution >= 0.6 is 0 Å². The van der Waals surface area contributed by atoms with Gasteiger partial charge in [-0.15, -0.1) is 0 Å². The number of carbonyl (C=O) groups is 2. The third kappa shape index (κ3) is 10.4. The maximum atomic E-state index is 11.7. The Labute approximate surface area is 151 Å². The second kappa shape index (κ2) is 8.88. The van der Waals surface area contributed by atoms with Crippen LogP contribution in [0.4, 0.5) is 4.79 Å². The smallest absolute Gasteiger partial charge is 0.407 e. The Kier molecular flexibility index (Phi) is 7.46. The Morgan fingerprint density at radius 2 is 1.60 bits per heavy atom. The van der Waals surface area contributed by atoms with E-state index in [9.17, 15) is 9.59 Å². The molecule has 0 aliphatic heterocycles. The van der Waals surface area contributed by atoms with Gasteiger partial charge in [0.25, 0.3) is 0 Å². The molecule has 0 atom stereocenters. The summed E-state index contributed by atoms with van der Waals surface area (Å²) < 4.78 is 5.18. The first-order valence-electron chi connectivity index (χ1n) is 8.70. The summed E-state index contributed by atoms with van der Waals surface area (Å²) in [6, 6.07) is 8.02. The molecule has 0 spiro atoms. The third-order valence-electron chi connectivity index (χ3n) is 3.30. The molecule has 1 aromatic carbocycles. The molecule has 0 radical (unpaired) electrons. The molecular weight excluding hydrogens is 316 g/mol. The van der Waals surface area contributed by atoms with E-state index < -0.39 is 6.09 Å². The van der Waals surface area contributed by atoms with Crippen molar-refractivity contribution < 1.29 is 14.3 Å². The van der Waals surface area contributed by atoms with Crippen LogP contribution in [0.3, 0.4) is 0 Å². The van der Waals surface area contributed by atoms with Crippen LogP contribution in [0.25, 0.3) is 0 Å². The minimum Gasteiger partial charge on any atom is -0.445 e. The summed E-state index contributed by atoms with van der Waals surface area (Å²) in [4.78, 5) is 23.4. The van der Waals surface area contributed by atoms with Crippen molar-refractivity contribution in [2.75, 3.05) is 13.1 Å². The summed E-state index contributed by atoms with van der Waals surface area (Å²) in [7, 11) is 0. The lowest BCUT2D eigenvalue weighted by molar-refractivity contribution is -0.120. The molecule has 0 heterocycles. The molecule has 0 saturated heterocycles. The van der Waals surface area contributed by atoms with Crippen LogP contribution in [-0.2, 0) is 22.6 Å². The Hall–Kier alpha value is -2.04. The molecule has 1 aromatic rings. The number of nitrogens with one attached hydrogen (secondary N) is 2. The van der Waals surface area contributed by atoms with Gasteiger partial charge in [-0.3, -0.25) is 4.79 Å². The van der Waals surface area contributed by atoms with Gasteiger partial charge in [-0.1, -0.05) is 65.8 Å². The van der Waals surface area contributed by atoms with Crippen LogP contribution < -0.4 is 10.6 Å². The van der Waals surface area contributed by atoms with Crippen molar-refractivity contribution in [3.8, 4) is 0 Å². The standard InChI is InChI=1S/C20H32N2O3/c1-19(2,3)11-15-8-7-9-16(10-15)13-25-18(24)21-12-17(23)22-14-20(4,5)6/h7-10H,11-14H2,1-6H3,(H,21,24)(H,22,23). The van der Waals surface area contributed by atoms with Gasteiger partial charge in [0.05, 0.1) is 6.54 Å². The van der Waals surface area contributed by atoms with Crippen LogP contribution in [0.1, 0.15) is 52.7 Å². The number of amides is 2. The fourth-order valence-electron chi connectivity index (χ4n) is 2.22. The maximum absolute atomic E-state index is 11.7. The van der Waals surface area contributed by atoms with Crippen LogP contribution in [0.2, 0.25) is 0 Å². The lowest BCUT2D eigenvalue weighted by Crippen LogP contribution is -2.40. The van der Waals surface area contributed by atoms with Gasteiger partial charge in [0.2, 0.25) is 5.91 Å². The van der Waals surface area contributed by atoms with Gasteiger partial charge in [0.15, 0.2) is 0 Å². The minimum absolute atomic E-state index is 0.00818. The molecule has 0 aliphatic carbocycles. The lowest BCUT2D eigenvalue weighted by atomic mass is 9.88. The molecule has 0 aromatic heterocycles. The number of rotatable bonds is 6. The highest BCUT2D eigenvalue weighted by Crippen LogP contribution is 2.21. The molecule has 0 fully saturated rings. The predicted molar refractivity (Wildman–Crippen MR) is 100 cm³/mol. The molecule has 5 nitrogen and oxygen atoms in total. The van der Waals surface area contributed by atoms with Crippen molar-refractivity contribution in [2.24, 2.45) is 10.8 Å². The summed E-state index contributed by atoms with van der Waals surface area (Å²) in [5.41, 5.74) is 2.37. The third-order valence-corrected chi connectivity index (χ3v) is 3.30. The van der Waals surface area contributed by atoms with E-state index >= 15 is 0 Å². The van der Waals surface area contributed by atoms with Crippen molar-refractivity contribution in [3.05, 3.63) is 35.4 Å². The van der Waals surface area contributed by atoms with E-state index in [1.165, 1.54) is 5.56 Å². The van der Waals surface area contributed by atoms with E-state index in [0.29, 0.717) is 6.54 Å². The molecule has 0 aliphatic rings. The van der Waals surface area contributed by atoms with Crippen LogP contribution in [0.15, 0.2) is 24.3 Å². The van der Waals surface area contributed by atoms with Crippen molar-refractivity contribution in [1.29, 1.82) is 0 Å². The molecule has 0 bridgehead atoms. The van der Waals surface area contributed by atoms with Crippen molar-refractivity contribution in [3.63, 3.8) is 0 Å². The highest BCUT2D eigenvalue weighted by molar-refractivity contribution is 5.82. The number of ether oxygens (including phenoxy) is 1. The Balaban J connectivity index is 2.37. The molecule has 2 amide bonds. The first kappa shape index (κ1) is 21.0. The topological polar surface area (TPSA) is 67.4 Å². The van der Waals surface area contributed by atoms with Gasteiger partial charge in [0, 0.05) is 6.54 Å². The van der Waals surface area contributed by atoms with E-state index in [1.54, 1.807) is 0 Å². The normalized spacial score (nSPS) is 11.8. The number of carbonyl (C=O) groups excluding carboxylic acids is 2. The van der Waals surface area contributed by atoms with Gasteiger partial charge in [-0.25, -0.2) is 4.79 Å². The zero-order chi connectivity index (χ0) is 19.1. The molecule has 1 rings (SSSR count). The van der Waals surface area contributed by atoms with Crippen LogP contribution in [0, 0.1) is 10.8 Å². The summed E-state index contributed by atoms with van der Waals surface area (Å²) in [5, 5.41) is 5.24. The number of hydrogen-bond acceptors (Lipinski definition) is 3. The zero-order valence-corrected chi connectivity index (χ0v) is 16.4. The maximum Gasteiger partial charge on any atom is 0.407 e. The predicted octanol–water partition coefficient (Wildman–Crippen LogP) is 3.66. The second-order valence-corrected chi connectivity index (χ2v) is 8.82. The van der Waals surface area contributed by atoms with E-state index in [-0.39, 0.29) is 29.9 Å². The first-order chi connectivity index (χ1) is 11.4. The zero-order valence-electron chi connectivity index (χ0n) is 16.4. The van der Waals surface area contributed by atoms with Gasteiger partial charge in [0.1, 0.15) is 6.61 Å². The Morgan fingerprint density at radius 3 is 2.20 bits per heavy atom. The summed E-state index contributed by atoms with van der Waals surface area (Å²) in [6.07, 6.45) is 0.369. The monoisotopic (exact) mass is 348 g/mol. The molecule has 25 heavy (non-hydrogen) atoms. The van der Waals surface area contributed by atoms with E-state index in [2.05, 4.69) is 43.5 Å². The van der Waals surface area contributed by atoms with E-state index in [4.69, 9.17) is 4.74 Å². The first-order valence-corrected chi connectivity index (χ1v) is 8.70. The highest BCUT2D eigenvalue weighted by atomic mass is 16.5. The number of benzene rings is 1. The van der Waals surface area contributed by atoms with Crippen molar-refractivity contribution >= 4 is 12.0 Å². The quantitative estimate of drug-likeness (QED) is 0.824. The van der Waals surface area contributed by atoms with Gasteiger partial charge < -0.3 is 15.4 Å². The fourth-order valence-corrected chi connectivity index (χ4v) is 2.22. The van der Waals surface area contributed by atoms with E-state index in [1.807, 2.05) is 32.9 Å². The number of alkyl carbamates (subject to hydrolysis) is 1. The van der Waals surface area contributed by atoms with Crippen LogP contribution in [-0.4, -0.2) is 25.1 Å².